The summed E-state index contributed by atoms with van der Waals surface area (Å²) < 4.78 is 5.10. The Morgan fingerprint density at radius 3 is 2.95 bits per heavy atom. The molecular formula is C15H20N2OS. The van der Waals surface area contributed by atoms with Gasteiger partial charge in [-0.05, 0) is 32.4 Å². The Morgan fingerprint density at radius 1 is 1.42 bits per heavy atom. The van der Waals surface area contributed by atoms with Crippen molar-refractivity contribution in [3.8, 4) is 11.3 Å². The van der Waals surface area contributed by atoms with Crippen molar-refractivity contribution in [1.82, 2.24) is 4.98 Å². The highest BCUT2D eigenvalue weighted by molar-refractivity contribution is 7.09. The van der Waals surface area contributed by atoms with Gasteiger partial charge in [-0.15, -0.1) is 11.3 Å². The summed E-state index contributed by atoms with van der Waals surface area (Å²) in [6.07, 6.45) is 0.997. The number of nitrogens with one attached hydrogen (secondary N) is 1. The van der Waals surface area contributed by atoms with Gasteiger partial charge in [-0.1, -0.05) is 12.1 Å². The molecule has 1 aromatic heterocycles. The molecule has 0 saturated carbocycles. The van der Waals surface area contributed by atoms with Crippen molar-refractivity contribution in [2.45, 2.75) is 26.3 Å². The van der Waals surface area contributed by atoms with Gasteiger partial charge in [0.2, 0.25) is 0 Å². The maximum Gasteiger partial charge on any atom is 0.0901 e. The van der Waals surface area contributed by atoms with Crippen molar-refractivity contribution in [2.75, 3.05) is 19.0 Å². The molecule has 0 aliphatic rings. The van der Waals surface area contributed by atoms with Crippen LogP contribution >= 0.6 is 11.3 Å². The van der Waals surface area contributed by atoms with Gasteiger partial charge in [-0.25, -0.2) is 4.98 Å². The summed E-state index contributed by atoms with van der Waals surface area (Å²) in [6.45, 7) is 4.97. The molecule has 1 heterocycles. The first-order valence-electron chi connectivity index (χ1n) is 6.47. The summed E-state index contributed by atoms with van der Waals surface area (Å²) >= 11 is 1.68. The highest BCUT2D eigenvalue weighted by Gasteiger charge is 2.05. The molecule has 1 N–H and O–H groups in total. The van der Waals surface area contributed by atoms with E-state index in [1.165, 1.54) is 0 Å². The van der Waals surface area contributed by atoms with Crippen LogP contribution in [0.1, 0.15) is 18.4 Å². The van der Waals surface area contributed by atoms with Crippen LogP contribution in [0.15, 0.2) is 29.6 Å². The van der Waals surface area contributed by atoms with Crippen LogP contribution in [0, 0.1) is 6.92 Å². The molecular weight excluding hydrogens is 256 g/mol. The van der Waals surface area contributed by atoms with Crippen LogP contribution in [0.4, 0.5) is 5.69 Å². The second-order valence-electron chi connectivity index (χ2n) is 4.66. The second-order valence-corrected chi connectivity index (χ2v) is 5.72. The lowest BCUT2D eigenvalue weighted by Gasteiger charge is -2.15. The maximum absolute atomic E-state index is 5.10. The number of ether oxygens (including phenoxy) is 1. The number of anilines is 1. The van der Waals surface area contributed by atoms with Gasteiger partial charge in [0.1, 0.15) is 0 Å². The van der Waals surface area contributed by atoms with Gasteiger partial charge in [0.15, 0.2) is 0 Å². The minimum atomic E-state index is 0.396. The van der Waals surface area contributed by atoms with Gasteiger partial charge in [0.25, 0.3) is 0 Å². The SMILES string of the molecule is COCCC(C)Nc1cccc(-c2csc(C)n2)c1. The minimum Gasteiger partial charge on any atom is -0.385 e. The Bertz CT molecular complexity index is 524. The van der Waals surface area contributed by atoms with E-state index in [0.717, 1.165) is 35.0 Å². The Labute approximate surface area is 118 Å². The van der Waals surface area contributed by atoms with Gasteiger partial charge < -0.3 is 10.1 Å². The molecule has 0 bridgehead atoms. The lowest BCUT2D eigenvalue weighted by molar-refractivity contribution is 0.191. The van der Waals surface area contributed by atoms with E-state index in [1.54, 1.807) is 18.4 Å². The zero-order valence-electron chi connectivity index (χ0n) is 11.6. The van der Waals surface area contributed by atoms with Crippen LogP contribution in [0.2, 0.25) is 0 Å². The zero-order chi connectivity index (χ0) is 13.7. The molecule has 0 amide bonds. The van der Waals surface area contributed by atoms with Crippen molar-refractivity contribution in [2.24, 2.45) is 0 Å². The van der Waals surface area contributed by atoms with Gasteiger partial charge in [-0.2, -0.15) is 0 Å². The van der Waals surface area contributed by atoms with Crippen molar-refractivity contribution >= 4 is 17.0 Å². The average Bonchev–Trinajstić information content (AvgIpc) is 2.83. The van der Waals surface area contributed by atoms with E-state index >= 15 is 0 Å². The fraction of sp³-hybridized carbons (Fsp3) is 0.400. The predicted octanol–water partition coefficient (Wildman–Crippen LogP) is 3.96. The molecule has 1 unspecified atom stereocenters. The fourth-order valence-electron chi connectivity index (χ4n) is 1.92. The van der Waals surface area contributed by atoms with E-state index in [1.807, 2.05) is 6.92 Å². The number of rotatable bonds is 6. The van der Waals surface area contributed by atoms with Gasteiger partial charge in [0.05, 0.1) is 10.7 Å². The van der Waals surface area contributed by atoms with Gasteiger partial charge >= 0.3 is 0 Å². The summed E-state index contributed by atoms with van der Waals surface area (Å²) in [5.74, 6) is 0. The monoisotopic (exact) mass is 276 g/mol. The second kappa shape index (κ2) is 6.68. The van der Waals surface area contributed by atoms with Crippen LogP contribution in [0.3, 0.4) is 0 Å². The average molecular weight is 276 g/mol. The number of benzene rings is 1. The standard InChI is InChI=1S/C15H20N2OS/c1-11(7-8-18-3)16-14-6-4-5-13(9-14)15-10-19-12(2)17-15/h4-6,9-11,16H,7-8H2,1-3H3. The van der Waals surface area contributed by atoms with E-state index in [4.69, 9.17) is 4.74 Å². The normalized spacial score (nSPS) is 12.4. The third-order valence-corrected chi connectivity index (χ3v) is 3.72. The molecule has 3 nitrogen and oxygen atoms in total. The summed E-state index contributed by atoms with van der Waals surface area (Å²) in [4.78, 5) is 4.52. The summed E-state index contributed by atoms with van der Waals surface area (Å²) in [7, 11) is 1.73. The third kappa shape index (κ3) is 4.04. The topological polar surface area (TPSA) is 34.1 Å². The highest BCUT2D eigenvalue weighted by atomic mass is 32.1. The highest BCUT2D eigenvalue weighted by Crippen LogP contribution is 2.24. The Hall–Kier alpha value is -1.39. The molecule has 4 heteroatoms. The molecule has 102 valence electrons. The molecule has 1 aromatic carbocycles. The summed E-state index contributed by atoms with van der Waals surface area (Å²) in [6, 6.07) is 8.80. The molecule has 2 aromatic rings. The predicted molar refractivity (Wildman–Crippen MR) is 81.9 cm³/mol. The van der Waals surface area contributed by atoms with Crippen LogP contribution in [-0.4, -0.2) is 24.7 Å². The van der Waals surface area contributed by atoms with Crippen molar-refractivity contribution in [3.05, 3.63) is 34.7 Å². The summed E-state index contributed by atoms with van der Waals surface area (Å²) in [5.41, 5.74) is 3.34. The fourth-order valence-corrected chi connectivity index (χ4v) is 2.54. The molecule has 1 atom stereocenters. The number of aryl methyl sites for hydroxylation is 1. The van der Waals surface area contributed by atoms with E-state index < -0.39 is 0 Å². The van der Waals surface area contributed by atoms with E-state index in [9.17, 15) is 0 Å². The minimum absolute atomic E-state index is 0.396. The molecule has 0 spiro atoms. The first-order chi connectivity index (χ1) is 9.19. The number of hydrogen-bond donors (Lipinski definition) is 1. The van der Waals surface area contributed by atoms with Gasteiger partial charge in [0, 0.05) is 36.4 Å². The number of hydrogen-bond acceptors (Lipinski definition) is 4. The zero-order valence-corrected chi connectivity index (χ0v) is 12.5. The maximum atomic E-state index is 5.10. The molecule has 2 rings (SSSR count). The number of methoxy groups -OCH3 is 1. The molecule has 0 radical (unpaired) electrons. The van der Waals surface area contributed by atoms with Gasteiger partial charge in [-0.3, -0.25) is 0 Å². The van der Waals surface area contributed by atoms with Crippen molar-refractivity contribution in [3.63, 3.8) is 0 Å². The number of thiazole rings is 1. The first kappa shape index (κ1) is 14.0. The van der Waals surface area contributed by atoms with Crippen molar-refractivity contribution in [1.29, 1.82) is 0 Å². The number of aromatic nitrogens is 1. The molecule has 0 saturated heterocycles. The number of nitrogens with zero attached hydrogens (tertiary/aromatic N) is 1. The quantitative estimate of drug-likeness (QED) is 0.867. The Morgan fingerprint density at radius 2 is 2.26 bits per heavy atom. The Balaban J connectivity index is 2.07. The molecule has 0 aliphatic heterocycles. The van der Waals surface area contributed by atoms with E-state index in [2.05, 4.69) is 46.9 Å². The third-order valence-electron chi connectivity index (χ3n) is 2.95. The summed E-state index contributed by atoms with van der Waals surface area (Å²) in [5, 5.41) is 6.69. The van der Waals surface area contributed by atoms with E-state index in [0.29, 0.717) is 6.04 Å². The lowest BCUT2D eigenvalue weighted by Crippen LogP contribution is -2.17. The molecule has 0 aliphatic carbocycles. The van der Waals surface area contributed by atoms with Crippen LogP contribution in [-0.2, 0) is 4.74 Å². The smallest absolute Gasteiger partial charge is 0.0901 e. The van der Waals surface area contributed by atoms with Crippen LogP contribution in [0.25, 0.3) is 11.3 Å². The Kier molecular flexibility index (Phi) is 4.93. The first-order valence-corrected chi connectivity index (χ1v) is 7.35. The molecule has 19 heavy (non-hydrogen) atoms. The lowest BCUT2D eigenvalue weighted by atomic mass is 10.1. The molecule has 0 fully saturated rings. The van der Waals surface area contributed by atoms with Crippen LogP contribution < -0.4 is 5.32 Å². The van der Waals surface area contributed by atoms with Crippen LogP contribution in [0.5, 0.6) is 0 Å². The largest absolute Gasteiger partial charge is 0.385 e. The van der Waals surface area contributed by atoms with E-state index in [-0.39, 0.29) is 0 Å². The van der Waals surface area contributed by atoms with Crippen molar-refractivity contribution < 1.29 is 4.74 Å².